The number of benzene rings is 3. The molecule has 0 atom stereocenters. The van der Waals surface area contributed by atoms with Crippen molar-refractivity contribution in [1.82, 2.24) is 0 Å². The highest BCUT2D eigenvalue weighted by Gasteiger charge is 2.44. The lowest BCUT2D eigenvalue weighted by Gasteiger charge is -2.27. The SMILES string of the molecule is CCCCOCCCC[P+](c1ccccc1)(c1ccccc1)c1ccccc1. The van der Waals surface area contributed by atoms with Crippen LogP contribution in [0.4, 0.5) is 0 Å². The second-order valence-electron chi connectivity index (χ2n) is 7.21. The van der Waals surface area contributed by atoms with Crippen molar-refractivity contribution in [3.05, 3.63) is 91.0 Å². The Kier molecular flexibility index (Phi) is 8.27. The first-order valence-electron chi connectivity index (χ1n) is 10.5. The van der Waals surface area contributed by atoms with Crippen LogP contribution in [0.2, 0.25) is 0 Å². The molecule has 146 valence electrons. The van der Waals surface area contributed by atoms with Crippen molar-refractivity contribution in [2.45, 2.75) is 32.6 Å². The lowest BCUT2D eigenvalue weighted by Crippen LogP contribution is -2.33. The minimum absolute atomic E-state index is 0.873. The molecule has 28 heavy (non-hydrogen) atoms. The van der Waals surface area contributed by atoms with Crippen LogP contribution in [0.3, 0.4) is 0 Å². The second kappa shape index (κ2) is 11.1. The van der Waals surface area contributed by atoms with Crippen molar-refractivity contribution in [2.24, 2.45) is 0 Å². The molecule has 0 N–H and O–H groups in total. The highest BCUT2D eigenvalue weighted by molar-refractivity contribution is 7.95. The summed E-state index contributed by atoms with van der Waals surface area (Å²) < 4.78 is 5.82. The van der Waals surface area contributed by atoms with Gasteiger partial charge in [0, 0.05) is 13.2 Å². The van der Waals surface area contributed by atoms with Gasteiger partial charge in [0.15, 0.2) is 0 Å². The molecule has 1 nitrogen and oxygen atoms in total. The van der Waals surface area contributed by atoms with E-state index >= 15 is 0 Å². The molecule has 3 aromatic carbocycles. The number of unbranched alkanes of at least 4 members (excludes halogenated alkanes) is 2. The molecule has 3 aromatic rings. The van der Waals surface area contributed by atoms with Crippen LogP contribution in [0, 0.1) is 0 Å². The predicted octanol–water partition coefficient (Wildman–Crippen LogP) is 5.58. The predicted molar refractivity (Wildman–Crippen MR) is 125 cm³/mol. The fourth-order valence-corrected chi connectivity index (χ4v) is 8.19. The summed E-state index contributed by atoms with van der Waals surface area (Å²) in [6, 6.07) is 33.4. The molecular weight excluding hydrogens is 359 g/mol. The number of ether oxygens (including phenoxy) is 1. The third kappa shape index (κ3) is 5.10. The van der Waals surface area contributed by atoms with E-state index in [0.717, 1.165) is 26.1 Å². The summed E-state index contributed by atoms with van der Waals surface area (Å²) in [7, 11) is -1.67. The van der Waals surface area contributed by atoms with Gasteiger partial charge in [-0.25, -0.2) is 0 Å². The fraction of sp³-hybridized carbons (Fsp3) is 0.308. The zero-order valence-corrected chi connectivity index (χ0v) is 17.9. The second-order valence-corrected chi connectivity index (χ2v) is 10.8. The minimum Gasteiger partial charge on any atom is -0.381 e. The zero-order valence-electron chi connectivity index (χ0n) is 17.0. The van der Waals surface area contributed by atoms with Crippen molar-refractivity contribution in [2.75, 3.05) is 19.4 Å². The van der Waals surface area contributed by atoms with E-state index in [-0.39, 0.29) is 0 Å². The van der Waals surface area contributed by atoms with E-state index in [2.05, 4.69) is 97.9 Å². The van der Waals surface area contributed by atoms with Gasteiger partial charge in [0.25, 0.3) is 0 Å². The molecule has 0 bridgehead atoms. The summed E-state index contributed by atoms with van der Waals surface area (Å²) in [4.78, 5) is 0. The molecule has 0 aliphatic rings. The Hall–Kier alpha value is -1.95. The van der Waals surface area contributed by atoms with Gasteiger partial charge >= 0.3 is 0 Å². The molecule has 0 aromatic heterocycles. The minimum atomic E-state index is -1.67. The van der Waals surface area contributed by atoms with Gasteiger partial charge in [-0.15, -0.1) is 0 Å². The lowest BCUT2D eigenvalue weighted by atomic mass is 10.3. The highest BCUT2D eigenvalue weighted by Crippen LogP contribution is 2.55. The molecule has 0 aliphatic heterocycles. The van der Waals surface area contributed by atoms with E-state index in [1.807, 2.05) is 0 Å². The maximum Gasteiger partial charge on any atom is 0.112 e. The van der Waals surface area contributed by atoms with Crippen LogP contribution in [-0.2, 0) is 4.74 Å². The Balaban J connectivity index is 1.91. The summed E-state index contributed by atoms with van der Waals surface area (Å²) in [5.41, 5.74) is 0. The first kappa shape index (κ1) is 20.8. The smallest absolute Gasteiger partial charge is 0.112 e. The average molecular weight is 392 g/mol. The first-order chi connectivity index (χ1) is 13.9. The van der Waals surface area contributed by atoms with Crippen LogP contribution >= 0.6 is 7.26 Å². The summed E-state index contributed by atoms with van der Waals surface area (Å²) in [6.07, 6.45) is 5.85. The molecule has 0 unspecified atom stereocenters. The van der Waals surface area contributed by atoms with Gasteiger partial charge < -0.3 is 4.74 Å². The Morgan fingerprint density at radius 1 is 0.571 bits per heavy atom. The Bertz CT molecular complexity index is 690. The summed E-state index contributed by atoms with van der Waals surface area (Å²) >= 11 is 0. The summed E-state index contributed by atoms with van der Waals surface area (Å²) in [5, 5.41) is 4.41. The van der Waals surface area contributed by atoms with E-state index in [4.69, 9.17) is 4.74 Å². The molecule has 0 heterocycles. The van der Waals surface area contributed by atoms with Gasteiger partial charge in [0.1, 0.15) is 23.2 Å². The van der Waals surface area contributed by atoms with Crippen LogP contribution < -0.4 is 15.9 Å². The van der Waals surface area contributed by atoms with Crippen molar-refractivity contribution >= 4 is 23.2 Å². The Morgan fingerprint density at radius 2 is 1.00 bits per heavy atom. The van der Waals surface area contributed by atoms with Gasteiger partial charge in [-0.05, 0) is 55.7 Å². The van der Waals surface area contributed by atoms with Crippen LogP contribution in [0.1, 0.15) is 32.6 Å². The molecule has 0 fully saturated rings. The number of hydrogen-bond acceptors (Lipinski definition) is 1. The van der Waals surface area contributed by atoms with Gasteiger partial charge in [-0.3, -0.25) is 0 Å². The molecule has 0 aliphatic carbocycles. The van der Waals surface area contributed by atoms with E-state index in [1.54, 1.807) is 0 Å². The van der Waals surface area contributed by atoms with Gasteiger partial charge in [-0.1, -0.05) is 67.9 Å². The molecule has 0 spiro atoms. The normalized spacial score (nSPS) is 11.5. The average Bonchev–Trinajstić information content (AvgIpc) is 2.78. The van der Waals surface area contributed by atoms with E-state index < -0.39 is 7.26 Å². The largest absolute Gasteiger partial charge is 0.381 e. The van der Waals surface area contributed by atoms with Crippen LogP contribution in [0.25, 0.3) is 0 Å². The molecule has 3 rings (SSSR count). The Morgan fingerprint density at radius 3 is 1.43 bits per heavy atom. The van der Waals surface area contributed by atoms with Crippen molar-refractivity contribution < 1.29 is 4.74 Å². The molecule has 0 saturated heterocycles. The number of hydrogen-bond donors (Lipinski definition) is 0. The van der Waals surface area contributed by atoms with Gasteiger partial charge in [-0.2, -0.15) is 0 Å². The standard InChI is InChI=1S/C26H32OP/c1-2-3-21-27-22-13-14-23-28(24-15-7-4-8-16-24,25-17-9-5-10-18-25)26-19-11-6-12-20-26/h4-12,15-20H,2-3,13-14,21-23H2,1H3/q+1. The quantitative estimate of drug-likeness (QED) is 0.306. The third-order valence-electron chi connectivity index (χ3n) is 5.27. The van der Waals surface area contributed by atoms with Crippen LogP contribution in [0.15, 0.2) is 91.0 Å². The molecule has 0 radical (unpaired) electrons. The van der Waals surface area contributed by atoms with Crippen LogP contribution in [0.5, 0.6) is 0 Å². The number of rotatable bonds is 11. The molecule has 0 amide bonds. The molecular formula is C26H32OP+. The van der Waals surface area contributed by atoms with Crippen molar-refractivity contribution in [3.8, 4) is 0 Å². The first-order valence-corrected chi connectivity index (χ1v) is 12.5. The van der Waals surface area contributed by atoms with E-state index in [1.165, 1.54) is 34.9 Å². The van der Waals surface area contributed by atoms with Gasteiger partial charge in [0.2, 0.25) is 0 Å². The lowest BCUT2D eigenvalue weighted by molar-refractivity contribution is 0.128. The topological polar surface area (TPSA) is 9.23 Å². The van der Waals surface area contributed by atoms with Crippen molar-refractivity contribution in [3.63, 3.8) is 0 Å². The van der Waals surface area contributed by atoms with Crippen LogP contribution in [-0.4, -0.2) is 19.4 Å². The maximum absolute atomic E-state index is 5.82. The van der Waals surface area contributed by atoms with Gasteiger partial charge in [0.05, 0.1) is 6.16 Å². The Labute approximate surface area is 171 Å². The zero-order chi connectivity index (χ0) is 19.5. The monoisotopic (exact) mass is 391 g/mol. The van der Waals surface area contributed by atoms with E-state index in [0.29, 0.717) is 0 Å². The maximum atomic E-state index is 5.82. The van der Waals surface area contributed by atoms with Crippen molar-refractivity contribution in [1.29, 1.82) is 0 Å². The highest BCUT2D eigenvalue weighted by atomic mass is 31.2. The summed E-state index contributed by atoms with van der Waals surface area (Å²) in [6.45, 7) is 3.98. The fourth-order valence-electron chi connectivity index (χ4n) is 3.78. The molecule has 0 saturated carbocycles. The summed E-state index contributed by atoms with van der Waals surface area (Å²) in [5.74, 6) is 0. The van der Waals surface area contributed by atoms with E-state index in [9.17, 15) is 0 Å². The molecule has 2 heteroatoms. The third-order valence-corrected chi connectivity index (χ3v) is 9.79.